The first-order valence-electron chi connectivity index (χ1n) is 22.7. The second-order valence-electron chi connectivity index (χ2n) is 16.3. The first-order chi connectivity index (χ1) is 35.1. The molecule has 0 spiro atoms. The van der Waals surface area contributed by atoms with Crippen molar-refractivity contribution in [2.45, 2.75) is 25.0 Å². The van der Waals surface area contributed by atoms with Gasteiger partial charge in [-0.15, -0.1) is 0 Å². The number of hydrogen-bond donors (Lipinski definition) is 0. The Hall–Kier alpha value is -8.04. The Kier molecular flexibility index (Phi) is 15.8. The summed E-state index contributed by atoms with van der Waals surface area (Å²) < 4.78 is 89.7. The average molecular weight is 985 g/mol. The number of nitrogens with zero attached hydrogens (tertiary/aromatic N) is 8. The molecule has 0 radical (unpaired) electrons. The molecule has 4 aromatic carbocycles. The van der Waals surface area contributed by atoms with E-state index < -0.39 is 23.3 Å². The average Bonchev–Trinajstić information content (AvgIpc) is 3.41. The molecule has 16 nitrogen and oxygen atoms in total. The van der Waals surface area contributed by atoms with Gasteiger partial charge in [0.15, 0.2) is 46.4 Å². The SMILES string of the molecule is O=c1ccn(-c2ccc(F)c(F)c2)nc1Cc1cccc(-c2ncc(OCC3COCCO3)cn2)c1.O=c1ccn(-c2ccc(F)c(F)c2)nc1Cc1cccc(-c2ncc(OCC3COCCO3)cn2)c1. The van der Waals surface area contributed by atoms with Crippen LogP contribution in [0, 0.1) is 23.3 Å². The summed E-state index contributed by atoms with van der Waals surface area (Å²) in [6.45, 7) is 3.99. The van der Waals surface area contributed by atoms with E-state index in [2.05, 4.69) is 30.1 Å². The van der Waals surface area contributed by atoms with Crippen LogP contribution in [0.4, 0.5) is 17.6 Å². The van der Waals surface area contributed by atoms with Gasteiger partial charge in [0.05, 0.1) is 75.8 Å². The van der Waals surface area contributed by atoms with Gasteiger partial charge in [0.1, 0.15) is 36.8 Å². The molecular formula is C52H44F4N8O8. The smallest absolute Gasteiger partial charge is 0.203 e. The standard InChI is InChI=1S/2C26H22F2N4O4/c2*27-22-5-4-19(12-23(22)28)32-7-6-25(33)24(31-32)11-17-2-1-3-18(10-17)26-29-13-20(14-30-26)36-16-21-15-34-8-9-35-21/h2*1-7,10,12-14,21H,8-9,11,15-16H2. The maximum Gasteiger partial charge on any atom is 0.203 e. The van der Waals surface area contributed by atoms with Crippen LogP contribution in [0.2, 0.25) is 0 Å². The van der Waals surface area contributed by atoms with Crippen molar-refractivity contribution in [2.75, 3.05) is 52.9 Å². The molecule has 20 heteroatoms. The van der Waals surface area contributed by atoms with E-state index in [0.717, 1.165) is 46.5 Å². The van der Waals surface area contributed by atoms with Crippen molar-refractivity contribution in [1.82, 2.24) is 39.5 Å². The van der Waals surface area contributed by atoms with Gasteiger partial charge in [-0.25, -0.2) is 46.9 Å². The van der Waals surface area contributed by atoms with E-state index in [-0.39, 0.29) is 47.3 Å². The lowest BCUT2D eigenvalue weighted by molar-refractivity contribution is -0.101. The minimum atomic E-state index is -0.991. The second kappa shape index (κ2) is 23.3. The third kappa shape index (κ3) is 12.8. The highest BCUT2D eigenvalue weighted by molar-refractivity contribution is 5.57. The van der Waals surface area contributed by atoms with Gasteiger partial charge in [-0.3, -0.25) is 9.59 Å². The molecule has 0 N–H and O–H groups in total. The summed E-state index contributed by atoms with van der Waals surface area (Å²) in [6, 6.07) is 24.5. The molecule has 0 saturated carbocycles. The highest BCUT2D eigenvalue weighted by Gasteiger charge is 2.18. The Morgan fingerprint density at radius 1 is 0.514 bits per heavy atom. The van der Waals surface area contributed by atoms with E-state index in [9.17, 15) is 27.2 Å². The van der Waals surface area contributed by atoms with Gasteiger partial charge in [-0.1, -0.05) is 36.4 Å². The fourth-order valence-electron chi connectivity index (χ4n) is 7.43. The molecule has 2 aliphatic rings. The lowest BCUT2D eigenvalue weighted by atomic mass is 10.1. The van der Waals surface area contributed by atoms with Crippen LogP contribution < -0.4 is 20.3 Å². The lowest BCUT2D eigenvalue weighted by Crippen LogP contribution is -2.33. The largest absolute Gasteiger partial charge is 0.488 e. The number of ether oxygens (including phenoxy) is 6. The quantitative estimate of drug-likeness (QED) is 0.105. The first kappa shape index (κ1) is 49.0. The molecule has 0 bridgehead atoms. The minimum absolute atomic E-state index is 0.117. The number of hydrogen-bond acceptors (Lipinski definition) is 14. The topological polar surface area (TPSA) is 177 Å². The molecule has 2 fully saturated rings. The molecule has 0 aliphatic carbocycles. The van der Waals surface area contributed by atoms with Crippen molar-refractivity contribution in [3.63, 3.8) is 0 Å². The van der Waals surface area contributed by atoms with Crippen molar-refractivity contribution >= 4 is 0 Å². The van der Waals surface area contributed by atoms with Crippen LogP contribution >= 0.6 is 0 Å². The van der Waals surface area contributed by atoms with Crippen LogP contribution in [0.25, 0.3) is 34.2 Å². The van der Waals surface area contributed by atoms with Crippen LogP contribution in [-0.4, -0.2) is 105 Å². The summed E-state index contributed by atoms with van der Waals surface area (Å²) in [5, 5.41) is 8.66. The third-order valence-corrected chi connectivity index (χ3v) is 11.1. The van der Waals surface area contributed by atoms with Gasteiger partial charge in [-0.05, 0) is 47.5 Å². The number of halogens is 4. The fraction of sp³-hybridized carbons (Fsp3) is 0.231. The Bertz CT molecular complexity index is 3030. The molecule has 8 aromatic rings. The summed E-state index contributed by atoms with van der Waals surface area (Å²) in [4.78, 5) is 42.4. The first-order valence-corrected chi connectivity index (χ1v) is 22.7. The van der Waals surface area contributed by atoms with Gasteiger partial charge < -0.3 is 28.4 Å². The molecule has 2 atom stereocenters. The Labute approximate surface area is 408 Å². The third-order valence-electron chi connectivity index (χ3n) is 11.1. The molecular weight excluding hydrogens is 941 g/mol. The summed E-state index contributed by atoms with van der Waals surface area (Å²) in [7, 11) is 0. The van der Waals surface area contributed by atoms with Crippen molar-refractivity contribution in [3.8, 4) is 45.6 Å². The van der Waals surface area contributed by atoms with Gasteiger partial charge >= 0.3 is 0 Å². The predicted octanol–water partition coefficient (Wildman–Crippen LogP) is 6.71. The molecule has 2 aliphatic heterocycles. The maximum atomic E-state index is 13.6. The van der Waals surface area contributed by atoms with E-state index in [1.54, 1.807) is 24.8 Å². The van der Waals surface area contributed by atoms with Crippen LogP contribution in [0.5, 0.6) is 11.5 Å². The van der Waals surface area contributed by atoms with E-state index in [0.29, 0.717) is 87.4 Å². The molecule has 72 heavy (non-hydrogen) atoms. The van der Waals surface area contributed by atoms with Gasteiger partial charge in [-0.2, -0.15) is 10.2 Å². The van der Waals surface area contributed by atoms with Crippen LogP contribution in [-0.2, 0) is 31.8 Å². The monoisotopic (exact) mass is 984 g/mol. The molecule has 4 aromatic heterocycles. The highest BCUT2D eigenvalue weighted by Crippen LogP contribution is 2.22. The number of aromatic nitrogens is 8. The molecule has 368 valence electrons. The van der Waals surface area contributed by atoms with E-state index >= 15 is 0 Å². The molecule has 2 unspecified atom stereocenters. The summed E-state index contributed by atoms with van der Waals surface area (Å²) in [5.74, 6) is -1.84. The minimum Gasteiger partial charge on any atom is -0.488 e. The van der Waals surface area contributed by atoms with Gasteiger partial charge in [0.25, 0.3) is 0 Å². The van der Waals surface area contributed by atoms with Gasteiger partial charge in [0, 0.05) is 60.6 Å². The normalized spacial score (nSPS) is 15.6. The fourth-order valence-corrected chi connectivity index (χ4v) is 7.43. The lowest BCUT2D eigenvalue weighted by Gasteiger charge is -2.22. The summed E-state index contributed by atoms with van der Waals surface area (Å²) in [5.41, 5.74) is 3.78. The molecule has 2 saturated heterocycles. The van der Waals surface area contributed by atoms with Crippen molar-refractivity contribution in [1.29, 1.82) is 0 Å². The van der Waals surface area contributed by atoms with E-state index in [1.807, 2.05) is 48.5 Å². The highest BCUT2D eigenvalue weighted by atomic mass is 19.2. The van der Waals surface area contributed by atoms with Crippen molar-refractivity contribution in [3.05, 3.63) is 200 Å². The Balaban J connectivity index is 0.000000178. The molecule has 6 heterocycles. The van der Waals surface area contributed by atoms with Crippen LogP contribution in [0.1, 0.15) is 22.5 Å². The van der Waals surface area contributed by atoms with Crippen molar-refractivity contribution < 1.29 is 46.0 Å². The Morgan fingerprint density at radius 3 is 1.33 bits per heavy atom. The van der Waals surface area contributed by atoms with E-state index in [1.165, 1.54) is 46.0 Å². The zero-order valence-electron chi connectivity index (χ0n) is 38.3. The zero-order chi connectivity index (χ0) is 49.8. The number of benzene rings is 4. The zero-order valence-corrected chi connectivity index (χ0v) is 38.3. The van der Waals surface area contributed by atoms with E-state index in [4.69, 9.17) is 28.4 Å². The predicted molar refractivity (Wildman–Crippen MR) is 252 cm³/mol. The van der Waals surface area contributed by atoms with Crippen LogP contribution in [0.3, 0.4) is 0 Å². The second-order valence-corrected chi connectivity index (χ2v) is 16.3. The summed E-state index contributed by atoms with van der Waals surface area (Å²) >= 11 is 0. The summed E-state index contributed by atoms with van der Waals surface area (Å²) in [6.07, 6.45) is 9.46. The maximum absolute atomic E-state index is 13.6. The van der Waals surface area contributed by atoms with Gasteiger partial charge in [0.2, 0.25) is 10.9 Å². The van der Waals surface area contributed by atoms with Crippen LogP contribution in [0.15, 0.2) is 144 Å². The number of rotatable bonds is 14. The Morgan fingerprint density at radius 2 is 0.944 bits per heavy atom. The molecule has 0 amide bonds. The van der Waals surface area contributed by atoms with Crippen molar-refractivity contribution in [2.24, 2.45) is 0 Å². The molecule has 10 rings (SSSR count).